The lowest BCUT2D eigenvalue weighted by molar-refractivity contribution is 0.0837. The summed E-state index contributed by atoms with van der Waals surface area (Å²) in [5.41, 5.74) is 1.49. The van der Waals surface area contributed by atoms with Gasteiger partial charge in [0.25, 0.3) is 0 Å². The van der Waals surface area contributed by atoms with Crippen LogP contribution in [0.3, 0.4) is 0 Å². The zero-order valence-corrected chi connectivity index (χ0v) is 14.5. The van der Waals surface area contributed by atoms with Crippen LogP contribution in [0.4, 0.5) is 4.39 Å². The molecule has 2 aromatic rings. The van der Waals surface area contributed by atoms with Gasteiger partial charge in [-0.1, -0.05) is 24.3 Å². The van der Waals surface area contributed by atoms with E-state index in [-0.39, 0.29) is 28.8 Å². The molecular weight excluding hydrogens is 333 g/mol. The van der Waals surface area contributed by atoms with Crippen LogP contribution in [-0.4, -0.2) is 41.7 Å². The Labute approximate surface area is 152 Å². The fourth-order valence-corrected chi connectivity index (χ4v) is 3.47. The topological polar surface area (TPSA) is 57.6 Å². The third kappa shape index (κ3) is 4.17. The number of ketones is 1. The third-order valence-corrected chi connectivity index (χ3v) is 5.05. The zero-order chi connectivity index (χ0) is 18.5. The van der Waals surface area contributed by atoms with E-state index in [0.717, 1.165) is 44.5 Å². The van der Waals surface area contributed by atoms with Crippen molar-refractivity contribution >= 4 is 12.1 Å². The van der Waals surface area contributed by atoms with E-state index in [1.165, 1.54) is 18.2 Å². The van der Waals surface area contributed by atoms with Gasteiger partial charge in [-0.2, -0.15) is 0 Å². The second-order valence-corrected chi connectivity index (χ2v) is 6.71. The van der Waals surface area contributed by atoms with Crippen LogP contribution in [0.1, 0.15) is 39.1 Å². The average molecular weight is 355 g/mol. The molecule has 0 atom stereocenters. The van der Waals surface area contributed by atoms with Crippen molar-refractivity contribution in [2.45, 2.75) is 19.3 Å². The van der Waals surface area contributed by atoms with E-state index < -0.39 is 0 Å². The standard InChI is InChI=1S/C21H22FNO3/c22-17-6-4-15(5-7-17)8-11-23-12-9-16(10-13-23)21(26)18-2-1-3-20(25)19(18)14-24/h1-7,14,16,25H,8-13H2. The van der Waals surface area contributed by atoms with Crippen LogP contribution in [0, 0.1) is 11.7 Å². The summed E-state index contributed by atoms with van der Waals surface area (Å²) >= 11 is 0. The number of hydrogen-bond acceptors (Lipinski definition) is 4. The molecule has 136 valence electrons. The molecule has 0 unspecified atom stereocenters. The quantitative estimate of drug-likeness (QED) is 0.637. The molecule has 4 nitrogen and oxygen atoms in total. The Kier molecular flexibility index (Phi) is 5.78. The maximum atomic E-state index is 12.9. The zero-order valence-electron chi connectivity index (χ0n) is 14.5. The van der Waals surface area contributed by atoms with Crippen molar-refractivity contribution in [3.63, 3.8) is 0 Å². The van der Waals surface area contributed by atoms with Crippen LogP contribution < -0.4 is 0 Å². The second-order valence-electron chi connectivity index (χ2n) is 6.71. The van der Waals surface area contributed by atoms with Crippen molar-refractivity contribution in [1.82, 2.24) is 4.90 Å². The van der Waals surface area contributed by atoms with E-state index in [9.17, 15) is 19.1 Å². The highest BCUT2D eigenvalue weighted by molar-refractivity contribution is 6.05. The fraction of sp³-hybridized carbons (Fsp3) is 0.333. The smallest absolute Gasteiger partial charge is 0.166 e. The Hall–Kier alpha value is -2.53. The summed E-state index contributed by atoms with van der Waals surface area (Å²) in [6, 6.07) is 11.2. The van der Waals surface area contributed by atoms with Crippen LogP contribution in [0.15, 0.2) is 42.5 Å². The Morgan fingerprint density at radius 3 is 2.50 bits per heavy atom. The lowest BCUT2D eigenvalue weighted by Gasteiger charge is -2.31. The molecule has 1 fully saturated rings. The highest BCUT2D eigenvalue weighted by atomic mass is 19.1. The van der Waals surface area contributed by atoms with E-state index in [1.54, 1.807) is 24.3 Å². The molecule has 1 saturated heterocycles. The van der Waals surface area contributed by atoms with Gasteiger partial charge in [-0.25, -0.2) is 4.39 Å². The molecule has 26 heavy (non-hydrogen) atoms. The molecule has 0 amide bonds. The van der Waals surface area contributed by atoms with Crippen LogP contribution in [0.5, 0.6) is 5.75 Å². The number of phenols is 1. The number of carbonyl (C=O) groups is 2. The molecule has 5 heteroatoms. The van der Waals surface area contributed by atoms with Crippen LogP contribution >= 0.6 is 0 Å². The van der Waals surface area contributed by atoms with Gasteiger partial charge in [-0.05, 0) is 56.1 Å². The monoisotopic (exact) mass is 355 g/mol. The van der Waals surface area contributed by atoms with Crippen molar-refractivity contribution in [2.75, 3.05) is 19.6 Å². The number of aromatic hydroxyl groups is 1. The summed E-state index contributed by atoms with van der Waals surface area (Å²) in [5.74, 6) is -0.573. The van der Waals surface area contributed by atoms with Crippen LogP contribution in [0.25, 0.3) is 0 Å². The highest BCUT2D eigenvalue weighted by Crippen LogP contribution is 2.26. The molecule has 2 aromatic carbocycles. The van der Waals surface area contributed by atoms with E-state index in [4.69, 9.17) is 0 Å². The fourth-order valence-electron chi connectivity index (χ4n) is 3.47. The highest BCUT2D eigenvalue weighted by Gasteiger charge is 2.27. The number of nitrogens with zero attached hydrogens (tertiary/aromatic N) is 1. The third-order valence-electron chi connectivity index (χ3n) is 5.05. The van der Waals surface area contributed by atoms with Crippen molar-refractivity contribution in [1.29, 1.82) is 0 Å². The maximum Gasteiger partial charge on any atom is 0.166 e. The summed E-state index contributed by atoms with van der Waals surface area (Å²) in [4.78, 5) is 26.2. The van der Waals surface area contributed by atoms with Crippen LogP contribution in [0.2, 0.25) is 0 Å². The lowest BCUT2D eigenvalue weighted by Crippen LogP contribution is -2.37. The minimum Gasteiger partial charge on any atom is -0.507 e. The second kappa shape index (κ2) is 8.23. The summed E-state index contributed by atoms with van der Waals surface area (Å²) in [6.07, 6.45) is 2.85. The van der Waals surface area contributed by atoms with Gasteiger partial charge in [0.2, 0.25) is 0 Å². The first-order chi connectivity index (χ1) is 12.6. The predicted octanol–water partition coefficient (Wildman–Crippen LogP) is 3.48. The van der Waals surface area contributed by atoms with Gasteiger partial charge < -0.3 is 10.0 Å². The number of Topliss-reactive ketones (excluding diaryl/α,β-unsaturated/α-hetero) is 1. The molecule has 0 saturated carbocycles. The molecule has 0 aromatic heterocycles. The van der Waals surface area contributed by atoms with Gasteiger partial charge in [0.1, 0.15) is 11.6 Å². The maximum absolute atomic E-state index is 12.9. The van der Waals surface area contributed by atoms with Gasteiger partial charge in [-0.15, -0.1) is 0 Å². The Bertz CT molecular complexity index is 780. The number of likely N-dealkylation sites (tertiary alicyclic amines) is 1. The predicted molar refractivity (Wildman–Crippen MR) is 97.1 cm³/mol. The van der Waals surface area contributed by atoms with E-state index in [2.05, 4.69) is 4.90 Å². The molecule has 0 spiro atoms. The van der Waals surface area contributed by atoms with Crippen molar-refractivity contribution in [3.05, 3.63) is 65.0 Å². The van der Waals surface area contributed by atoms with Gasteiger partial charge in [-0.3, -0.25) is 9.59 Å². The lowest BCUT2D eigenvalue weighted by atomic mass is 9.87. The minimum atomic E-state index is -0.227. The van der Waals surface area contributed by atoms with E-state index >= 15 is 0 Å². The SMILES string of the molecule is O=Cc1c(O)cccc1C(=O)C1CCN(CCc2ccc(F)cc2)CC1. The number of phenolic OH excluding ortho intramolecular Hbond substituents is 1. The number of rotatable bonds is 6. The van der Waals surface area contributed by atoms with Crippen molar-refractivity contribution in [3.8, 4) is 5.75 Å². The molecular formula is C21H22FNO3. The molecule has 0 bridgehead atoms. The molecule has 1 aliphatic heterocycles. The van der Waals surface area contributed by atoms with Crippen LogP contribution in [-0.2, 0) is 6.42 Å². The van der Waals surface area contributed by atoms with Gasteiger partial charge in [0.15, 0.2) is 12.1 Å². The summed E-state index contributed by atoms with van der Waals surface area (Å²) in [5, 5.41) is 9.76. The molecule has 3 rings (SSSR count). The summed E-state index contributed by atoms with van der Waals surface area (Å²) < 4.78 is 12.9. The Balaban J connectivity index is 1.55. The number of hydrogen-bond donors (Lipinski definition) is 1. The normalized spacial score (nSPS) is 15.7. The number of aldehydes is 1. The van der Waals surface area contributed by atoms with Gasteiger partial charge in [0, 0.05) is 18.0 Å². The van der Waals surface area contributed by atoms with Crippen molar-refractivity contribution in [2.24, 2.45) is 5.92 Å². The van der Waals surface area contributed by atoms with Crippen molar-refractivity contribution < 1.29 is 19.1 Å². The largest absolute Gasteiger partial charge is 0.507 e. The van der Waals surface area contributed by atoms with Gasteiger partial charge in [0.05, 0.1) is 5.56 Å². The first kappa shape index (κ1) is 18.3. The first-order valence-electron chi connectivity index (χ1n) is 8.86. The van der Waals surface area contributed by atoms with E-state index in [1.807, 2.05) is 0 Å². The average Bonchev–Trinajstić information content (AvgIpc) is 2.67. The number of piperidine rings is 1. The number of halogens is 1. The van der Waals surface area contributed by atoms with Gasteiger partial charge >= 0.3 is 0 Å². The molecule has 1 aliphatic rings. The molecule has 1 heterocycles. The molecule has 0 aliphatic carbocycles. The summed E-state index contributed by atoms with van der Waals surface area (Å²) in [6.45, 7) is 2.50. The molecule has 0 radical (unpaired) electrons. The minimum absolute atomic E-state index is 0.0683. The van der Waals surface area contributed by atoms with E-state index in [0.29, 0.717) is 11.8 Å². The number of benzene rings is 2. The Morgan fingerprint density at radius 1 is 1.15 bits per heavy atom. The Morgan fingerprint density at radius 2 is 1.85 bits per heavy atom. The first-order valence-corrected chi connectivity index (χ1v) is 8.86. The summed E-state index contributed by atoms with van der Waals surface area (Å²) in [7, 11) is 0. The number of carbonyl (C=O) groups excluding carboxylic acids is 2. The molecule has 1 N–H and O–H groups in total.